The Morgan fingerprint density at radius 1 is 1.07 bits per heavy atom. The average Bonchev–Trinajstić information content (AvgIpc) is 3.07. The first kappa shape index (κ1) is 29.8. The Bertz CT molecular complexity index is 1140. The summed E-state index contributed by atoms with van der Waals surface area (Å²) in [6.45, 7) is 10.8. The fourth-order valence-electron chi connectivity index (χ4n) is 6.56. The van der Waals surface area contributed by atoms with E-state index in [1.165, 1.54) is 22.4 Å². The highest BCUT2D eigenvalue weighted by molar-refractivity contribution is 9.10. The van der Waals surface area contributed by atoms with Crippen LogP contribution in [0.25, 0.3) is 0 Å². The molecule has 0 bridgehead atoms. The number of rotatable bonds is 5. The van der Waals surface area contributed by atoms with E-state index in [1.54, 1.807) is 7.11 Å². The Labute approximate surface area is 252 Å². The second-order valence-electron chi connectivity index (χ2n) is 12.3. The van der Waals surface area contributed by atoms with Crippen LogP contribution in [0.4, 0.5) is 4.79 Å². The molecule has 1 aromatic heterocycles. The molecule has 9 heteroatoms. The van der Waals surface area contributed by atoms with Crippen molar-refractivity contribution in [2.45, 2.75) is 76.6 Å². The lowest BCUT2D eigenvalue weighted by atomic mass is 9.93. The highest BCUT2D eigenvalue weighted by Crippen LogP contribution is 2.39. The zero-order chi connectivity index (χ0) is 28.4. The third kappa shape index (κ3) is 6.84. The van der Waals surface area contributed by atoms with Crippen LogP contribution in [0.15, 0.2) is 34.9 Å². The normalized spacial score (nSPS) is 22.9. The molecule has 2 aromatic rings. The molecule has 2 saturated heterocycles. The predicted molar refractivity (Wildman–Crippen MR) is 162 cm³/mol. The molecule has 218 valence electrons. The minimum absolute atomic E-state index is 0.0922. The van der Waals surface area contributed by atoms with Crippen LogP contribution in [0.5, 0.6) is 0 Å². The molecule has 0 N–H and O–H groups in total. The molecule has 0 saturated carbocycles. The molecule has 2 fully saturated rings. The predicted octanol–water partition coefficient (Wildman–Crippen LogP) is 6.11. The van der Waals surface area contributed by atoms with E-state index in [0.717, 1.165) is 67.8 Å². The van der Waals surface area contributed by atoms with E-state index < -0.39 is 5.60 Å². The summed E-state index contributed by atoms with van der Waals surface area (Å²) in [6, 6.07) is 9.33. The smallest absolute Gasteiger partial charge is 0.410 e. The number of aryl methyl sites for hydroxylation is 2. The van der Waals surface area contributed by atoms with Crippen LogP contribution in [0, 0.1) is 0 Å². The summed E-state index contributed by atoms with van der Waals surface area (Å²) in [6.07, 6.45) is 6.65. The van der Waals surface area contributed by atoms with E-state index in [1.807, 2.05) is 37.9 Å². The first-order chi connectivity index (χ1) is 19.1. The molecule has 7 nitrogen and oxygen atoms in total. The maximum atomic E-state index is 13.0. The zero-order valence-corrected chi connectivity index (χ0v) is 26.5. The Balaban J connectivity index is 1.30. The maximum absolute atomic E-state index is 13.0. The van der Waals surface area contributed by atoms with Crippen molar-refractivity contribution in [3.05, 3.63) is 62.3 Å². The van der Waals surface area contributed by atoms with Gasteiger partial charge in [-0.05, 0) is 104 Å². The van der Waals surface area contributed by atoms with Crippen molar-refractivity contribution < 1.29 is 14.3 Å². The molecular formula is C31H42BrClN4O3. The first-order valence-electron chi connectivity index (χ1n) is 14.5. The van der Waals surface area contributed by atoms with E-state index in [2.05, 4.69) is 43.9 Å². The summed E-state index contributed by atoms with van der Waals surface area (Å²) in [5, 5.41) is 0.796. The van der Waals surface area contributed by atoms with Crippen molar-refractivity contribution in [1.29, 1.82) is 0 Å². The third-order valence-corrected chi connectivity index (χ3v) is 9.14. The Morgan fingerprint density at radius 3 is 2.55 bits per heavy atom. The second-order valence-corrected chi connectivity index (χ2v) is 13.7. The van der Waals surface area contributed by atoms with E-state index in [9.17, 15) is 4.79 Å². The van der Waals surface area contributed by atoms with Gasteiger partial charge < -0.3 is 14.4 Å². The third-order valence-electron chi connectivity index (χ3n) is 8.47. The van der Waals surface area contributed by atoms with E-state index in [-0.39, 0.29) is 18.2 Å². The number of ether oxygens (including phenoxy) is 2. The van der Waals surface area contributed by atoms with Crippen LogP contribution in [0.2, 0.25) is 5.02 Å². The van der Waals surface area contributed by atoms with Crippen molar-refractivity contribution in [1.82, 2.24) is 19.7 Å². The molecule has 0 spiro atoms. The Kier molecular flexibility index (Phi) is 9.42. The van der Waals surface area contributed by atoms with Crippen molar-refractivity contribution in [3.8, 4) is 0 Å². The number of aromatic nitrogens is 1. The summed E-state index contributed by atoms with van der Waals surface area (Å²) in [5.41, 5.74) is 4.65. The van der Waals surface area contributed by atoms with Crippen LogP contribution in [-0.2, 0) is 22.3 Å². The van der Waals surface area contributed by atoms with Gasteiger partial charge in [-0.25, -0.2) is 4.79 Å². The fraction of sp³-hybridized carbons (Fsp3) is 0.613. The van der Waals surface area contributed by atoms with Crippen molar-refractivity contribution in [2.24, 2.45) is 0 Å². The number of likely N-dealkylation sites (tertiary alicyclic amines) is 1. The second kappa shape index (κ2) is 12.7. The van der Waals surface area contributed by atoms with Crippen LogP contribution in [0.1, 0.15) is 68.5 Å². The molecule has 5 rings (SSSR count). The molecule has 0 radical (unpaired) electrons. The van der Waals surface area contributed by atoms with Crippen molar-refractivity contribution in [2.75, 3.05) is 46.4 Å². The topological polar surface area (TPSA) is 58.1 Å². The van der Waals surface area contributed by atoms with Crippen LogP contribution in [0.3, 0.4) is 0 Å². The summed E-state index contributed by atoms with van der Waals surface area (Å²) in [7, 11) is 1.72. The van der Waals surface area contributed by atoms with Gasteiger partial charge in [0.15, 0.2) is 0 Å². The Hall–Kier alpha value is -1.71. The Morgan fingerprint density at radius 2 is 1.82 bits per heavy atom. The van der Waals surface area contributed by atoms with Gasteiger partial charge in [0.05, 0.1) is 11.7 Å². The lowest BCUT2D eigenvalue weighted by Crippen LogP contribution is -2.59. The molecule has 1 aliphatic carbocycles. The maximum Gasteiger partial charge on any atom is 0.410 e. The number of carbonyl (C=O) groups excluding carboxylic acids is 1. The first-order valence-corrected chi connectivity index (χ1v) is 15.7. The minimum atomic E-state index is -0.502. The SMILES string of the molecule is COCCC1CN(C2CCN(C3c4ccc(Cl)cc4CCc4cc(Br)cnc43)CC2)CCN1C(=O)OC(C)(C)C. The molecule has 40 heavy (non-hydrogen) atoms. The molecule has 3 aliphatic rings. The summed E-state index contributed by atoms with van der Waals surface area (Å²) in [4.78, 5) is 25.1. The number of pyridine rings is 1. The van der Waals surface area contributed by atoms with Gasteiger partial charge in [-0.3, -0.25) is 14.8 Å². The highest BCUT2D eigenvalue weighted by Gasteiger charge is 2.38. The average molecular weight is 634 g/mol. The summed E-state index contributed by atoms with van der Waals surface area (Å²) in [5.74, 6) is 0. The van der Waals surface area contributed by atoms with Gasteiger partial charge in [0, 0.05) is 74.2 Å². The molecule has 2 atom stereocenters. The largest absolute Gasteiger partial charge is 0.444 e. The monoisotopic (exact) mass is 632 g/mol. The molecule has 3 heterocycles. The number of amides is 1. The van der Waals surface area contributed by atoms with Gasteiger partial charge in [0.2, 0.25) is 0 Å². The molecule has 1 amide bonds. The number of hydrogen-bond acceptors (Lipinski definition) is 6. The standard InChI is InChI=1S/C31H42BrClN4O3/c1-31(2,3)40-30(38)37-15-14-36(20-26(37)11-16-39-4)25-9-12-35(13-10-25)29-27-8-7-24(33)18-21(27)5-6-22-17-23(32)19-34-28(22)29/h7-8,17-19,25-26,29H,5-6,9-16,20H2,1-4H3. The van der Waals surface area contributed by atoms with E-state index in [4.69, 9.17) is 26.1 Å². The number of piperidine rings is 1. The van der Waals surface area contributed by atoms with Gasteiger partial charge in [0.25, 0.3) is 0 Å². The van der Waals surface area contributed by atoms with Gasteiger partial charge in [-0.15, -0.1) is 0 Å². The highest BCUT2D eigenvalue weighted by atomic mass is 79.9. The van der Waals surface area contributed by atoms with E-state index in [0.29, 0.717) is 19.2 Å². The number of methoxy groups -OCH3 is 1. The lowest BCUT2D eigenvalue weighted by molar-refractivity contribution is -0.0194. The van der Waals surface area contributed by atoms with Gasteiger partial charge >= 0.3 is 6.09 Å². The van der Waals surface area contributed by atoms with Crippen molar-refractivity contribution >= 4 is 33.6 Å². The van der Waals surface area contributed by atoms with Crippen LogP contribution < -0.4 is 0 Å². The number of carbonyl (C=O) groups is 1. The summed E-state index contributed by atoms with van der Waals surface area (Å²) >= 11 is 10.1. The number of benzene rings is 1. The minimum Gasteiger partial charge on any atom is -0.444 e. The number of nitrogens with zero attached hydrogens (tertiary/aromatic N) is 4. The molecule has 2 unspecified atom stereocenters. The fourth-order valence-corrected chi connectivity index (χ4v) is 7.14. The summed E-state index contributed by atoms with van der Waals surface area (Å²) < 4.78 is 12.2. The number of piperazine rings is 1. The number of fused-ring (bicyclic) bond motifs is 2. The quantitative estimate of drug-likeness (QED) is 0.396. The van der Waals surface area contributed by atoms with Gasteiger partial charge in [-0.1, -0.05) is 17.7 Å². The number of hydrogen-bond donors (Lipinski definition) is 0. The molecular weight excluding hydrogens is 592 g/mol. The van der Waals surface area contributed by atoms with Gasteiger partial charge in [0.1, 0.15) is 5.60 Å². The van der Waals surface area contributed by atoms with Crippen LogP contribution >= 0.6 is 27.5 Å². The molecule has 1 aromatic carbocycles. The van der Waals surface area contributed by atoms with Crippen molar-refractivity contribution in [3.63, 3.8) is 0 Å². The van der Waals surface area contributed by atoms with E-state index >= 15 is 0 Å². The zero-order valence-electron chi connectivity index (χ0n) is 24.2. The lowest BCUT2D eigenvalue weighted by Gasteiger charge is -2.47. The molecule has 2 aliphatic heterocycles. The number of halogens is 2. The van der Waals surface area contributed by atoms with Gasteiger partial charge in [-0.2, -0.15) is 0 Å². The van der Waals surface area contributed by atoms with Crippen LogP contribution in [-0.4, -0.2) is 89.9 Å².